The third kappa shape index (κ3) is 2.82. The summed E-state index contributed by atoms with van der Waals surface area (Å²) in [7, 11) is 0. The second-order valence-corrected chi connectivity index (χ2v) is 4.73. The summed E-state index contributed by atoms with van der Waals surface area (Å²) in [6, 6.07) is 2.05. The molecular weight excluding hydrogens is 226 g/mol. The zero-order valence-corrected chi connectivity index (χ0v) is 9.57. The second kappa shape index (κ2) is 4.65. The molecule has 1 aliphatic carbocycles. The van der Waals surface area contributed by atoms with E-state index in [0.717, 1.165) is 18.4 Å². The maximum Gasteiger partial charge on any atom is 0.323 e. The lowest BCUT2D eigenvalue weighted by molar-refractivity contribution is -0.144. The molecule has 1 N–H and O–H groups in total. The van der Waals surface area contributed by atoms with E-state index in [9.17, 15) is 9.59 Å². The van der Waals surface area contributed by atoms with E-state index in [4.69, 9.17) is 5.11 Å². The highest BCUT2D eigenvalue weighted by Crippen LogP contribution is 2.27. The van der Waals surface area contributed by atoms with Crippen LogP contribution >= 0.6 is 11.3 Å². The molecule has 0 spiro atoms. The number of carboxylic acids is 1. The molecule has 1 amide bonds. The molecule has 1 aromatic rings. The Balaban J connectivity index is 1.97. The van der Waals surface area contributed by atoms with Crippen molar-refractivity contribution in [2.45, 2.75) is 25.3 Å². The molecule has 0 aromatic carbocycles. The summed E-state index contributed by atoms with van der Waals surface area (Å²) in [4.78, 5) is 24.0. The van der Waals surface area contributed by atoms with Crippen molar-refractivity contribution in [2.24, 2.45) is 0 Å². The first kappa shape index (κ1) is 11.1. The Labute approximate surface area is 97.5 Å². The third-order valence-electron chi connectivity index (χ3n) is 2.55. The number of carbonyl (C=O) groups excluding carboxylic acids is 1. The Kier molecular flexibility index (Phi) is 3.24. The number of amides is 1. The minimum atomic E-state index is -0.939. The lowest BCUT2D eigenvalue weighted by Gasteiger charge is -2.19. The molecule has 1 fully saturated rings. The monoisotopic (exact) mass is 239 g/mol. The molecule has 1 aromatic heterocycles. The Hall–Kier alpha value is -1.36. The zero-order valence-electron chi connectivity index (χ0n) is 8.76. The summed E-state index contributed by atoms with van der Waals surface area (Å²) in [6.07, 6.45) is 2.18. The quantitative estimate of drug-likeness (QED) is 0.844. The van der Waals surface area contributed by atoms with Crippen LogP contribution in [0.2, 0.25) is 0 Å². The summed E-state index contributed by atoms with van der Waals surface area (Å²) in [5, 5.41) is 12.6. The van der Waals surface area contributed by atoms with Gasteiger partial charge in [0.05, 0.1) is 6.42 Å². The fourth-order valence-electron chi connectivity index (χ4n) is 1.62. The molecule has 0 atom stereocenters. The van der Waals surface area contributed by atoms with Crippen LogP contribution in [0.25, 0.3) is 0 Å². The molecule has 1 saturated carbocycles. The number of carbonyl (C=O) groups is 2. The minimum absolute atomic E-state index is 0.0803. The van der Waals surface area contributed by atoms with Gasteiger partial charge in [-0.1, -0.05) is 0 Å². The van der Waals surface area contributed by atoms with Crippen LogP contribution in [0.1, 0.15) is 18.4 Å². The number of thiophene rings is 1. The SMILES string of the molecule is O=C(O)CN(C(=O)Cc1ccsc1)C1CC1. The van der Waals surface area contributed by atoms with Crippen LogP contribution < -0.4 is 0 Å². The zero-order chi connectivity index (χ0) is 11.5. The standard InChI is InChI=1S/C11H13NO3S/c13-10(5-8-3-4-16-7-8)12(6-11(14)15)9-1-2-9/h3-4,7,9H,1-2,5-6H2,(H,14,15). The Morgan fingerprint density at radius 2 is 2.25 bits per heavy atom. The van der Waals surface area contributed by atoms with Crippen LogP contribution in [0.4, 0.5) is 0 Å². The maximum atomic E-state index is 11.9. The van der Waals surface area contributed by atoms with E-state index in [-0.39, 0.29) is 18.5 Å². The summed E-state index contributed by atoms with van der Waals surface area (Å²) in [6.45, 7) is -0.173. The first-order valence-corrected chi connectivity index (χ1v) is 6.13. The normalized spacial score (nSPS) is 14.8. The molecule has 0 radical (unpaired) electrons. The van der Waals surface area contributed by atoms with Gasteiger partial charge < -0.3 is 10.0 Å². The van der Waals surface area contributed by atoms with Gasteiger partial charge in [0, 0.05) is 6.04 Å². The van der Waals surface area contributed by atoms with Crippen molar-refractivity contribution in [2.75, 3.05) is 6.54 Å². The van der Waals surface area contributed by atoms with E-state index in [1.807, 2.05) is 16.8 Å². The summed E-state index contributed by atoms with van der Waals surface area (Å²) >= 11 is 1.54. The topological polar surface area (TPSA) is 57.6 Å². The number of nitrogens with zero attached hydrogens (tertiary/aromatic N) is 1. The smallest absolute Gasteiger partial charge is 0.323 e. The van der Waals surface area contributed by atoms with E-state index in [1.54, 1.807) is 11.3 Å². The molecule has 1 aliphatic rings. The first-order chi connectivity index (χ1) is 7.66. The molecule has 0 saturated heterocycles. The molecule has 86 valence electrons. The summed E-state index contributed by atoms with van der Waals surface area (Å²) < 4.78 is 0. The van der Waals surface area contributed by atoms with E-state index >= 15 is 0 Å². The number of hydrogen-bond donors (Lipinski definition) is 1. The molecule has 2 rings (SSSR count). The third-order valence-corrected chi connectivity index (χ3v) is 3.28. The minimum Gasteiger partial charge on any atom is -0.480 e. The number of hydrogen-bond acceptors (Lipinski definition) is 3. The predicted octanol–water partition coefficient (Wildman–Crippen LogP) is 1.37. The molecule has 1 heterocycles. The highest BCUT2D eigenvalue weighted by molar-refractivity contribution is 7.07. The van der Waals surface area contributed by atoms with Gasteiger partial charge in [-0.15, -0.1) is 0 Å². The second-order valence-electron chi connectivity index (χ2n) is 3.95. The van der Waals surface area contributed by atoms with Crippen molar-refractivity contribution in [3.05, 3.63) is 22.4 Å². The highest BCUT2D eigenvalue weighted by Gasteiger charge is 2.33. The predicted molar refractivity (Wildman–Crippen MR) is 60.4 cm³/mol. The Bertz CT molecular complexity index is 384. The van der Waals surface area contributed by atoms with Gasteiger partial charge in [-0.3, -0.25) is 9.59 Å². The summed E-state index contributed by atoms with van der Waals surface area (Å²) in [5.74, 6) is -1.02. The fourth-order valence-corrected chi connectivity index (χ4v) is 2.29. The fraction of sp³-hybridized carbons (Fsp3) is 0.455. The van der Waals surface area contributed by atoms with Crippen molar-refractivity contribution in [3.8, 4) is 0 Å². The van der Waals surface area contributed by atoms with E-state index in [1.165, 1.54) is 4.90 Å². The Morgan fingerprint density at radius 3 is 2.75 bits per heavy atom. The number of aliphatic carboxylic acids is 1. The Morgan fingerprint density at radius 1 is 1.50 bits per heavy atom. The van der Waals surface area contributed by atoms with Crippen molar-refractivity contribution in [1.29, 1.82) is 0 Å². The van der Waals surface area contributed by atoms with Crippen LogP contribution in [-0.4, -0.2) is 34.5 Å². The highest BCUT2D eigenvalue weighted by atomic mass is 32.1. The molecule has 0 bridgehead atoms. The van der Waals surface area contributed by atoms with E-state index in [2.05, 4.69) is 0 Å². The molecule has 5 heteroatoms. The van der Waals surface area contributed by atoms with Crippen molar-refractivity contribution >= 4 is 23.2 Å². The molecule has 0 unspecified atom stereocenters. The van der Waals surface area contributed by atoms with Crippen molar-refractivity contribution < 1.29 is 14.7 Å². The van der Waals surface area contributed by atoms with E-state index in [0.29, 0.717) is 6.42 Å². The number of rotatable bonds is 5. The first-order valence-electron chi connectivity index (χ1n) is 5.19. The molecule has 4 nitrogen and oxygen atoms in total. The average Bonchev–Trinajstić information content (AvgIpc) is 2.94. The van der Waals surface area contributed by atoms with E-state index < -0.39 is 5.97 Å². The molecule has 16 heavy (non-hydrogen) atoms. The lowest BCUT2D eigenvalue weighted by Crippen LogP contribution is -2.38. The van der Waals surface area contributed by atoms with Crippen LogP contribution in [0.5, 0.6) is 0 Å². The molecular formula is C11H13NO3S. The van der Waals surface area contributed by atoms with Gasteiger partial charge in [0.1, 0.15) is 6.54 Å². The molecule has 0 aliphatic heterocycles. The summed E-state index contributed by atoms with van der Waals surface area (Å²) in [5.41, 5.74) is 0.964. The average molecular weight is 239 g/mol. The van der Waals surface area contributed by atoms with Crippen LogP contribution in [0, 0.1) is 0 Å². The van der Waals surface area contributed by atoms with Crippen LogP contribution in [-0.2, 0) is 16.0 Å². The van der Waals surface area contributed by atoms with Gasteiger partial charge in [0.2, 0.25) is 5.91 Å². The van der Waals surface area contributed by atoms with Gasteiger partial charge in [0.15, 0.2) is 0 Å². The maximum absolute atomic E-state index is 11.9. The van der Waals surface area contributed by atoms with Gasteiger partial charge in [-0.05, 0) is 35.2 Å². The van der Waals surface area contributed by atoms with Crippen molar-refractivity contribution in [1.82, 2.24) is 4.90 Å². The number of carboxylic acid groups (broad SMARTS) is 1. The van der Waals surface area contributed by atoms with Gasteiger partial charge in [-0.2, -0.15) is 11.3 Å². The largest absolute Gasteiger partial charge is 0.480 e. The lowest BCUT2D eigenvalue weighted by atomic mass is 10.2. The van der Waals surface area contributed by atoms with Crippen LogP contribution in [0.3, 0.4) is 0 Å². The van der Waals surface area contributed by atoms with Gasteiger partial charge in [-0.25, -0.2) is 0 Å². The van der Waals surface area contributed by atoms with Gasteiger partial charge in [0.25, 0.3) is 0 Å². The van der Waals surface area contributed by atoms with Gasteiger partial charge >= 0.3 is 5.97 Å². The van der Waals surface area contributed by atoms with Crippen LogP contribution in [0.15, 0.2) is 16.8 Å². The van der Waals surface area contributed by atoms with Crippen molar-refractivity contribution in [3.63, 3.8) is 0 Å².